The molecule has 1 aliphatic rings. The number of nitrogens with one attached hydrogen (secondary N) is 1. The van der Waals surface area contributed by atoms with Crippen LogP contribution < -0.4 is 5.32 Å². The molecule has 0 aromatic rings. The van der Waals surface area contributed by atoms with Crippen molar-refractivity contribution in [1.82, 2.24) is 10.2 Å². The van der Waals surface area contributed by atoms with Gasteiger partial charge in [0.2, 0.25) is 5.91 Å². The highest BCUT2D eigenvalue weighted by atomic mass is 16.3. The molecule has 2 N–H and O–H groups in total. The Kier molecular flexibility index (Phi) is 7.39. The fraction of sp³-hybridized carbons (Fsp3) is 0.933. The van der Waals surface area contributed by atoms with E-state index in [1.54, 1.807) is 0 Å². The van der Waals surface area contributed by atoms with Crippen LogP contribution in [0.3, 0.4) is 0 Å². The van der Waals surface area contributed by atoms with Crippen molar-refractivity contribution >= 4 is 5.91 Å². The van der Waals surface area contributed by atoms with Gasteiger partial charge in [-0.3, -0.25) is 4.79 Å². The Morgan fingerprint density at radius 1 is 1.37 bits per heavy atom. The first-order chi connectivity index (χ1) is 9.10. The first kappa shape index (κ1) is 16.4. The summed E-state index contributed by atoms with van der Waals surface area (Å²) < 4.78 is 0. The predicted molar refractivity (Wildman–Crippen MR) is 78.0 cm³/mol. The molecule has 1 rings (SSSR count). The van der Waals surface area contributed by atoms with Gasteiger partial charge in [0.15, 0.2) is 0 Å². The van der Waals surface area contributed by atoms with Crippen LogP contribution in [0.5, 0.6) is 0 Å². The van der Waals surface area contributed by atoms with Gasteiger partial charge in [-0.05, 0) is 38.1 Å². The molecule has 0 radical (unpaired) electrons. The number of hydrogen-bond donors (Lipinski definition) is 2. The standard InChI is InChI=1S/C15H30N2O2/c1-4-7-16-13-8-12(9-14(18)5-2)10-17(11-13)15(19)6-3/h12-14,16,18H,4-11H2,1-3H3. The number of hydrogen-bond acceptors (Lipinski definition) is 3. The van der Waals surface area contributed by atoms with Crippen LogP contribution in [0.4, 0.5) is 0 Å². The summed E-state index contributed by atoms with van der Waals surface area (Å²) in [5, 5.41) is 13.4. The third-order valence-corrected chi connectivity index (χ3v) is 3.95. The van der Waals surface area contributed by atoms with Crippen LogP contribution in [0.15, 0.2) is 0 Å². The first-order valence-electron chi connectivity index (χ1n) is 7.79. The number of amides is 1. The second-order valence-electron chi connectivity index (χ2n) is 5.70. The van der Waals surface area contributed by atoms with Crippen LogP contribution in [0.2, 0.25) is 0 Å². The van der Waals surface area contributed by atoms with Crippen LogP contribution in [-0.2, 0) is 4.79 Å². The molecule has 1 fully saturated rings. The molecule has 1 aliphatic heterocycles. The van der Waals surface area contributed by atoms with Gasteiger partial charge in [0, 0.05) is 25.6 Å². The van der Waals surface area contributed by atoms with Gasteiger partial charge in [-0.25, -0.2) is 0 Å². The van der Waals surface area contributed by atoms with E-state index in [4.69, 9.17) is 0 Å². The molecule has 1 saturated heterocycles. The molecule has 1 heterocycles. The predicted octanol–water partition coefficient (Wildman–Crippen LogP) is 1.77. The average molecular weight is 270 g/mol. The summed E-state index contributed by atoms with van der Waals surface area (Å²) in [7, 11) is 0. The van der Waals surface area contributed by atoms with E-state index in [1.807, 2.05) is 18.7 Å². The van der Waals surface area contributed by atoms with Crippen molar-refractivity contribution in [3.05, 3.63) is 0 Å². The molecular formula is C15H30N2O2. The minimum absolute atomic E-state index is 0.228. The van der Waals surface area contributed by atoms with E-state index >= 15 is 0 Å². The van der Waals surface area contributed by atoms with Gasteiger partial charge in [-0.15, -0.1) is 0 Å². The number of piperidine rings is 1. The van der Waals surface area contributed by atoms with E-state index in [-0.39, 0.29) is 12.0 Å². The van der Waals surface area contributed by atoms with Crippen LogP contribution in [0, 0.1) is 5.92 Å². The third kappa shape index (κ3) is 5.49. The SMILES string of the molecule is CCCNC1CC(CC(O)CC)CN(C(=O)CC)C1. The Balaban J connectivity index is 2.57. The lowest BCUT2D eigenvalue weighted by molar-refractivity contribution is -0.133. The van der Waals surface area contributed by atoms with E-state index < -0.39 is 0 Å². The zero-order valence-electron chi connectivity index (χ0n) is 12.7. The van der Waals surface area contributed by atoms with Gasteiger partial charge in [0.05, 0.1) is 6.10 Å². The summed E-state index contributed by atoms with van der Waals surface area (Å²) in [6.45, 7) is 8.72. The van der Waals surface area contributed by atoms with Gasteiger partial charge in [0.1, 0.15) is 0 Å². The highest BCUT2D eigenvalue weighted by Gasteiger charge is 2.29. The molecule has 19 heavy (non-hydrogen) atoms. The van der Waals surface area contributed by atoms with Crippen LogP contribution in [0.1, 0.15) is 52.9 Å². The number of aliphatic hydroxyl groups excluding tert-OH is 1. The van der Waals surface area contributed by atoms with Crippen LogP contribution in [0.25, 0.3) is 0 Å². The first-order valence-corrected chi connectivity index (χ1v) is 7.79. The average Bonchev–Trinajstić information content (AvgIpc) is 2.43. The van der Waals surface area contributed by atoms with E-state index in [0.717, 1.165) is 45.3 Å². The maximum absolute atomic E-state index is 11.9. The van der Waals surface area contributed by atoms with Crippen molar-refractivity contribution < 1.29 is 9.90 Å². The largest absolute Gasteiger partial charge is 0.393 e. The molecule has 0 aliphatic carbocycles. The Labute approximate surface area is 117 Å². The Hall–Kier alpha value is -0.610. The van der Waals surface area contributed by atoms with Crippen molar-refractivity contribution in [2.75, 3.05) is 19.6 Å². The summed E-state index contributed by atoms with van der Waals surface area (Å²) >= 11 is 0. The smallest absolute Gasteiger partial charge is 0.222 e. The molecule has 0 aromatic carbocycles. The number of likely N-dealkylation sites (tertiary alicyclic amines) is 1. The maximum atomic E-state index is 11.9. The van der Waals surface area contributed by atoms with Crippen molar-refractivity contribution in [2.45, 2.75) is 65.0 Å². The van der Waals surface area contributed by atoms with E-state index in [9.17, 15) is 9.90 Å². The molecule has 0 saturated carbocycles. The van der Waals surface area contributed by atoms with Crippen LogP contribution >= 0.6 is 0 Å². The summed E-state index contributed by atoms with van der Waals surface area (Å²) in [6.07, 6.45) is 4.14. The summed E-state index contributed by atoms with van der Waals surface area (Å²) in [6, 6.07) is 0.387. The molecule has 3 unspecified atom stereocenters. The quantitative estimate of drug-likeness (QED) is 0.741. The number of nitrogens with zero attached hydrogens (tertiary/aromatic N) is 1. The second-order valence-corrected chi connectivity index (χ2v) is 5.70. The van der Waals surface area contributed by atoms with E-state index in [2.05, 4.69) is 12.2 Å². The Bertz CT molecular complexity index is 271. The molecule has 1 amide bonds. The number of carbonyl (C=O) groups is 1. The lowest BCUT2D eigenvalue weighted by Gasteiger charge is -2.39. The molecule has 0 spiro atoms. The van der Waals surface area contributed by atoms with Gasteiger partial charge in [0.25, 0.3) is 0 Å². The normalized spacial score (nSPS) is 25.4. The Morgan fingerprint density at radius 3 is 2.68 bits per heavy atom. The van der Waals surface area contributed by atoms with Crippen molar-refractivity contribution in [2.24, 2.45) is 5.92 Å². The highest BCUT2D eigenvalue weighted by molar-refractivity contribution is 5.76. The lowest BCUT2D eigenvalue weighted by Crippen LogP contribution is -2.51. The zero-order chi connectivity index (χ0) is 14.3. The fourth-order valence-corrected chi connectivity index (χ4v) is 2.85. The van der Waals surface area contributed by atoms with Crippen molar-refractivity contribution in [3.8, 4) is 0 Å². The molecule has 4 heteroatoms. The zero-order valence-corrected chi connectivity index (χ0v) is 12.7. The Morgan fingerprint density at radius 2 is 2.11 bits per heavy atom. The lowest BCUT2D eigenvalue weighted by atomic mass is 9.88. The highest BCUT2D eigenvalue weighted by Crippen LogP contribution is 2.23. The van der Waals surface area contributed by atoms with Gasteiger partial charge < -0.3 is 15.3 Å². The molecule has 3 atom stereocenters. The number of rotatable bonds is 7. The van der Waals surface area contributed by atoms with E-state index in [1.165, 1.54) is 0 Å². The van der Waals surface area contributed by atoms with Crippen molar-refractivity contribution in [1.29, 1.82) is 0 Å². The molecule has 0 bridgehead atoms. The number of carbonyl (C=O) groups excluding carboxylic acids is 1. The summed E-state index contributed by atoms with van der Waals surface area (Å²) in [5.74, 6) is 0.660. The minimum atomic E-state index is -0.228. The second kappa shape index (κ2) is 8.54. The summed E-state index contributed by atoms with van der Waals surface area (Å²) in [4.78, 5) is 13.9. The minimum Gasteiger partial charge on any atom is -0.393 e. The number of aliphatic hydroxyl groups is 1. The summed E-state index contributed by atoms with van der Waals surface area (Å²) in [5.41, 5.74) is 0. The van der Waals surface area contributed by atoms with Gasteiger partial charge in [-0.2, -0.15) is 0 Å². The topological polar surface area (TPSA) is 52.6 Å². The molecule has 0 aromatic heterocycles. The molecular weight excluding hydrogens is 240 g/mol. The fourth-order valence-electron chi connectivity index (χ4n) is 2.85. The van der Waals surface area contributed by atoms with Crippen LogP contribution in [-0.4, -0.2) is 47.7 Å². The molecule has 112 valence electrons. The third-order valence-electron chi connectivity index (χ3n) is 3.95. The monoisotopic (exact) mass is 270 g/mol. The molecule has 4 nitrogen and oxygen atoms in total. The van der Waals surface area contributed by atoms with Crippen molar-refractivity contribution in [3.63, 3.8) is 0 Å². The van der Waals surface area contributed by atoms with E-state index in [0.29, 0.717) is 18.4 Å². The van der Waals surface area contributed by atoms with Gasteiger partial charge in [-0.1, -0.05) is 20.8 Å². The van der Waals surface area contributed by atoms with Gasteiger partial charge >= 0.3 is 0 Å². The maximum Gasteiger partial charge on any atom is 0.222 e.